The van der Waals surface area contributed by atoms with Crippen molar-refractivity contribution in [2.45, 2.75) is 18.4 Å². The van der Waals surface area contributed by atoms with Gasteiger partial charge < -0.3 is 5.32 Å². The Kier molecular flexibility index (Phi) is 4.93. The molecule has 0 saturated carbocycles. The highest BCUT2D eigenvalue weighted by Crippen LogP contribution is 2.21. The van der Waals surface area contributed by atoms with Gasteiger partial charge in [-0.25, -0.2) is 12.8 Å². The van der Waals surface area contributed by atoms with Gasteiger partial charge in [-0.1, -0.05) is 37.3 Å². The molecule has 0 heterocycles. The Morgan fingerprint density at radius 1 is 1.05 bits per heavy atom. The number of para-hydroxylation sites is 1. The second-order valence-electron chi connectivity index (χ2n) is 4.47. The summed E-state index contributed by atoms with van der Waals surface area (Å²) in [6, 6.07) is 12.3. The fourth-order valence-corrected chi connectivity index (χ4v) is 3.08. The summed E-state index contributed by atoms with van der Waals surface area (Å²) in [6.45, 7) is 3.27. The average molecular weight is 308 g/mol. The highest BCUT2D eigenvalue weighted by Gasteiger charge is 2.19. The van der Waals surface area contributed by atoms with Crippen LogP contribution in [0.15, 0.2) is 53.4 Å². The molecule has 2 rings (SSSR count). The van der Waals surface area contributed by atoms with Gasteiger partial charge in [0.2, 0.25) is 0 Å². The van der Waals surface area contributed by atoms with E-state index in [-0.39, 0.29) is 4.90 Å². The zero-order valence-corrected chi connectivity index (χ0v) is 12.5. The lowest BCUT2D eigenvalue weighted by atomic mass is 10.2. The molecule has 0 aliphatic carbocycles. The van der Waals surface area contributed by atoms with E-state index in [9.17, 15) is 12.8 Å². The Hall–Kier alpha value is -1.92. The van der Waals surface area contributed by atoms with Crippen molar-refractivity contribution in [2.75, 3.05) is 11.3 Å². The molecule has 21 heavy (non-hydrogen) atoms. The van der Waals surface area contributed by atoms with Crippen molar-refractivity contribution in [1.29, 1.82) is 0 Å². The minimum absolute atomic E-state index is 0.358. The van der Waals surface area contributed by atoms with E-state index >= 15 is 0 Å². The Morgan fingerprint density at radius 2 is 1.71 bits per heavy atom. The molecule has 0 fully saturated rings. The summed E-state index contributed by atoms with van der Waals surface area (Å²) >= 11 is 0. The van der Waals surface area contributed by atoms with Crippen molar-refractivity contribution in [1.82, 2.24) is 5.32 Å². The van der Waals surface area contributed by atoms with Crippen LogP contribution in [0.5, 0.6) is 0 Å². The predicted molar refractivity (Wildman–Crippen MR) is 81.0 cm³/mol. The van der Waals surface area contributed by atoms with E-state index in [2.05, 4.69) is 10.0 Å². The Morgan fingerprint density at radius 3 is 2.43 bits per heavy atom. The standard InChI is InChI=1S/C15H17FN2O2S/c1-2-17-11-12-7-3-5-9-14(12)18-21(19,20)15-10-6-4-8-13(15)16/h3-10,17-18H,2,11H2,1H3. The molecule has 0 unspecified atom stereocenters. The Balaban J connectivity index is 2.31. The van der Waals surface area contributed by atoms with Crippen LogP contribution in [0.25, 0.3) is 0 Å². The van der Waals surface area contributed by atoms with Crippen molar-refractivity contribution in [3.63, 3.8) is 0 Å². The Labute approximate surface area is 124 Å². The SMILES string of the molecule is CCNCc1ccccc1NS(=O)(=O)c1ccccc1F. The van der Waals surface area contributed by atoms with Gasteiger partial charge >= 0.3 is 0 Å². The summed E-state index contributed by atoms with van der Waals surface area (Å²) in [5, 5.41) is 3.13. The third-order valence-electron chi connectivity index (χ3n) is 2.95. The third-order valence-corrected chi connectivity index (χ3v) is 4.35. The van der Waals surface area contributed by atoms with Crippen LogP contribution in [-0.2, 0) is 16.6 Å². The maximum Gasteiger partial charge on any atom is 0.264 e. The molecule has 0 aromatic heterocycles. The number of rotatable bonds is 6. The first-order valence-electron chi connectivity index (χ1n) is 6.60. The van der Waals surface area contributed by atoms with Gasteiger partial charge in [0, 0.05) is 6.54 Å². The zero-order chi connectivity index (χ0) is 15.3. The van der Waals surface area contributed by atoms with Crippen molar-refractivity contribution in [3.8, 4) is 0 Å². The smallest absolute Gasteiger partial charge is 0.264 e. The number of sulfonamides is 1. The second-order valence-corrected chi connectivity index (χ2v) is 6.12. The van der Waals surface area contributed by atoms with Gasteiger partial charge in [0.1, 0.15) is 10.7 Å². The summed E-state index contributed by atoms with van der Waals surface area (Å²) in [4.78, 5) is -0.358. The molecule has 4 nitrogen and oxygen atoms in total. The van der Waals surface area contributed by atoms with E-state index < -0.39 is 15.8 Å². The van der Waals surface area contributed by atoms with Crippen LogP contribution in [-0.4, -0.2) is 15.0 Å². The van der Waals surface area contributed by atoms with Crippen LogP contribution >= 0.6 is 0 Å². The van der Waals surface area contributed by atoms with Gasteiger partial charge in [0.25, 0.3) is 10.0 Å². The van der Waals surface area contributed by atoms with Crippen molar-refractivity contribution >= 4 is 15.7 Å². The van der Waals surface area contributed by atoms with Crippen molar-refractivity contribution in [2.24, 2.45) is 0 Å². The molecular formula is C15H17FN2O2S. The van der Waals surface area contributed by atoms with Crippen LogP contribution in [0.4, 0.5) is 10.1 Å². The molecule has 0 spiro atoms. The predicted octanol–water partition coefficient (Wildman–Crippen LogP) is 2.74. The van der Waals surface area contributed by atoms with Gasteiger partial charge in [-0.3, -0.25) is 4.72 Å². The molecule has 0 amide bonds. The highest BCUT2D eigenvalue weighted by molar-refractivity contribution is 7.92. The number of halogens is 1. The van der Waals surface area contributed by atoms with Crippen LogP contribution in [0.1, 0.15) is 12.5 Å². The molecule has 2 aromatic rings. The maximum atomic E-state index is 13.7. The molecule has 6 heteroatoms. The van der Waals surface area contributed by atoms with Gasteiger partial charge in [-0.05, 0) is 30.3 Å². The van der Waals surface area contributed by atoms with E-state index in [0.717, 1.165) is 18.2 Å². The van der Waals surface area contributed by atoms with E-state index in [1.54, 1.807) is 12.1 Å². The molecule has 0 saturated heterocycles. The van der Waals surface area contributed by atoms with Crippen molar-refractivity contribution in [3.05, 3.63) is 59.9 Å². The lowest BCUT2D eigenvalue weighted by Gasteiger charge is -2.13. The molecule has 0 bridgehead atoms. The van der Waals surface area contributed by atoms with E-state index in [4.69, 9.17) is 0 Å². The normalized spacial score (nSPS) is 11.3. The summed E-state index contributed by atoms with van der Waals surface area (Å²) in [7, 11) is -3.94. The van der Waals surface area contributed by atoms with Crippen LogP contribution < -0.4 is 10.0 Å². The molecule has 0 aliphatic rings. The first kappa shape index (κ1) is 15.5. The second kappa shape index (κ2) is 6.69. The molecule has 2 aromatic carbocycles. The van der Waals surface area contributed by atoms with Crippen molar-refractivity contribution < 1.29 is 12.8 Å². The fraction of sp³-hybridized carbons (Fsp3) is 0.200. The largest absolute Gasteiger partial charge is 0.313 e. The van der Waals surface area contributed by atoms with E-state index in [1.165, 1.54) is 18.2 Å². The van der Waals surface area contributed by atoms with Gasteiger partial charge in [-0.2, -0.15) is 0 Å². The summed E-state index contributed by atoms with van der Waals surface area (Å²) in [5.41, 5.74) is 1.25. The van der Waals surface area contributed by atoms with Gasteiger partial charge in [0.05, 0.1) is 5.69 Å². The monoisotopic (exact) mass is 308 g/mol. The van der Waals surface area contributed by atoms with Crippen LogP contribution in [0, 0.1) is 5.82 Å². The van der Waals surface area contributed by atoms with E-state index in [0.29, 0.717) is 12.2 Å². The number of nitrogens with one attached hydrogen (secondary N) is 2. The summed E-state index contributed by atoms with van der Waals surface area (Å²) in [6.07, 6.45) is 0. The highest BCUT2D eigenvalue weighted by atomic mass is 32.2. The number of anilines is 1. The lowest BCUT2D eigenvalue weighted by Crippen LogP contribution is -2.18. The molecule has 0 atom stereocenters. The van der Waals surface area contributed by atoms with E-state index in [1.807, 2.05) is 19.1 Å². The lowest BCUT2D eigenvalue weighted by molar-refractivity contribution is 0.570. The number of benzene rings is 2. The summed E-state index contributed by atoms with van der Waals surface area (Å²) in [5.74, 6) is -0.769. The minimum Gasteiger partial charge on any atom is -0.313 e. The number of hydrogen-bond acceptors (Lipinski definition) is 3. The molecule has 0 aliphatic heterocycles. The third kappa shape index (κ3) is 3.80. The van der Waals surface area contributed by atoms with Crippen LogP contribution in [0.2, 0.25) is 0 Å². The average Bonchev–Trinajstić information content (AvgIpc) is 2.46. The maximum absolute atomic E-state index is 13.7. The van der Waals surface area contributed by atoms with Crippen LogP contribution in [0.3, 0.4) is 0 Å². The first-order valence-corrected chi connectivity index (χ1v) is 8.09. The zero-order valence-electron chi connectivity index (χ0n) is 11.6. The fourth-order valence-electron chi connectivity index (χ4n) is 1.90. The van der Waals surface area contributed by atoms with Gasteiger partial charge in [-0.15, -0.1) is 0 Å². The summed E-state index contributed by atoms with van der Waals surface area (Å²) < 4.78 is 40.7. The minimum atomic E-state index is -3.94. The number of hydrogen-bond donors (Lipinski definition) is 2. The Bertz CT molecular complexity index is 717. The quantitative estimate of drug-likeness (QED) is 0.862. The molecular weight excluding hydrogens is 291 g/mol. The molecule has 2 N–H and O–H groups in total. The molecule has 0 radical (unpaired) electrons. The van der Waals surface area contributed by atoms with Gasteiger partial charge in [0.15, 0.2) is 0 Å². The molecule has 112 valence electrons. The topological polar surface area (TPSA) is 58.2 Å². The first-order chi connectivity index (χ1) is 10.0.